The molecule has 4 aromatic heterocycles. The van der Waals surface area contributed by atoms with E-state index in [1.54, 1.807) is 39.0 Å². The number of aliphatic hydroxyl groups is 1. The lowest BCUT2D eigenvalue weighted by atomic mass is 10.3. The predicted molar refractivity (Wildman–Crippen MR) is 140 cm³/mol. The van der Waals surface area contributed by atoms with Crippen LogP contribution in [0.3, 0.4) is 0 Å². The summed E-state index contributed by atoms with van der Waals surface area (Å²) in [5, 5.41) is 12.4. The first-order chi connectivity index (χ1) is 17.5. The van der Waals surface area contributed by atoms with Crippen molar-refractivity contribution >= 4 is 6.29 Å². The molecule has 37 heavy (non-hydrogen) atoms. The summed E-state index contributed by atoms with van der Waals surface area (Å²) in [4.78, 5) is 12.6. The number of hydrogen-bond acceptors (Lipinski definition) is 8. The quantitative estimate of drug-likeness (QED) is 0.120. The Bertz CT molecular complexity index is 1200. The molecule has 0 saturated carbocycles. The van der Waals surface area contributed by atoms with E-state index in [4.69, 9.17) is 34.0 Å². The molecule has 0 fully saturated rings. The molecule has 0 saturated heterocycles. The minimum Gasteiger partial charge on any atom is -0.466 e. The summed E-state index contributed by atoms with van der Waals surface area (Å²) in [5.74, 6) is 5.95. The van der Waals surface area contributed by atoms with Crippen LogP contribution in [0.4, 0.5) is 0 Å². The van der Waals surface area contributed by atoms with Gasteiger partial charge in [0.15, 0.2) is 12.0 Å². The van der Waals surface area contributed by atoms with Crippen LogP contribution in [0.1, 0.15) is 89.8 Å². The maximum atomic E-state index is 9.93. The zero-order valence-electron chi connectivity index (χ0n) is 22.3. The Morgan fingerprint density at radius 1 is 0.784 bits per heavy atom. The van der Waals surface area contributed by atoms with Gasteiger partial charge in [0.2, 0.25) is 0 Å². The van der Waals surface area contributed by atoms with Crippen LogP contribution in [-0.4, -0.2) is 11.4 Å². The van der Waals surface area contributed by atoms with Crippen LogP contribution in [0, 0.1) is 27.7 Å². The number of azide groups is 1. The first-order valence-corrected chi connectivity index (χ1v) is 11.6. The molecule has 3 atom stereocenters. The molecule has 4 heterocycles. The molecule has 3 N–H and O–H groups in total. The highest BCUT2D eigenvalue weighted by molar-refractivity contribution is 5.70. The van der Waals surface area contributed by atoms with Crippen molar-refractivity contribution in [3.05, 3.63) is 105 Å². The number of furan rings is 4. The van der Waals surface area contributed by atoms with Crippen molar-refractivity contribution in [3.8, 4) is 0 Å². The van der Waals surface area contributed by atoms with E-state index in [0.717, 1.165) is 28.8 Å². The summed E-state index contributed by atoms with van der Waals surface area (Å²) in [6, 6.07) is 14.3. The summed E-state index contributed by atoms with van der Waals surface area (Å²) in [5.41, 5.74) is 13.7. The zero-order chi connectivity index (χ0) is 28.0. The average molecular weight is 513 g/mol. The zero-order valence-corrected chi connectivity index (χ0v) is 22.3. The van der Waals surface area contributed by atoms with Gasteiger partial charge >= 0.3 is 0 Å². The molecule has 0 aliphatic carbocycles. The Kier molecular flexibility index (Phi) is 13.3. The van der Waals surface area contributed by atoms with Gasteiger partial charge in [0.05, 0.1) is 12.1 Å². The molecule has 3 unspecified atom stereocenters. The number of carbonyl (C=O) groups excluding carboxylic acids is 1. The van der Waals surface area contributed by atoms with Crippen molar-refractivity contribution in [2.45, 2.75) is 66.7 Å². The van der Waals surface area contributed by atoms with E-state index in [0.29, 0.717) is 23.6 Å². The molecule has 0 aliphatic rings. The summed E-state index contributed by atoms with van der Waals surface area (Å²) in [6.07, 6.45) is 0.200. The van der Waals surface area contributed by atoms with Crippen molar-refractivity contribution in [1.82, 2.24) is 0 Å². The predicted octanol–water partition coefficient (Wildman–Crippen LogP) is 7.61. The fraction of sp³-hybridized carbons (Fsp3) is 0.370. The fourth-order valence-corrected chi connectivity index (χ4v) is 2.71. The molecule has 200 valence electrons. The first kappa shape index (κ1) is 31.1. The maximum absolute atomic E-state index is 9.93. The molecule has 0 spiro atoms. The molecule has 4 rings (SSSR count). The van der Waals surface area contributed by atoms with E-state index < -0.39 is 6.10 Å². The van der Waals surface area contributed by atoms with Crippen molar-refractivity contribution < 1.29 is 27.6 Å². The number of aryl methyl sites for hydroxylation is 4. The number of nitrogens with two attached hydrogens (primary N) is 1. The van der Waals surface area contributed by atoms with Gasteiger partial charge in [0.1, 0.15) is 46.4 Å². The number of nitrogens with zero attached hydrogens (tertiary/aromatic N) is 3. The topological polar surface area (TPSA) is 165 Å². The minimum absolute atomic E-state index is 0.0127. The normalized spacial score (nSPS) is 12.2. The first-order valence-electron chi connectivity index (χ1n) is 11.6. The van der Waals surface area contributed by atoms with Gasteiger partial charge in [-0.15, -0.1) is 0 Å². The molecule has 10 nitrogen and oxygen atoms in total. The van der Waals surface area contributed by atoms with E-state index in [1.807, 2.05) is 58.0 Å². The fourth-order valence-electron chi connectivity index (χ4n) is 2.71. The highest BCUT2D eigenvalue weighted by Crippen LogP contribution is 2.19. The third kappa shape index (κ3) is 12.0. The third-order valence-corrected chi connectivity index (χ3v) is 4.66. The summed E-state index contributed by atoms with van der Waals surface area (Å²) >= 11 is 0. The van der Waals surface area contributed by atoms with Crippen LogP contribution in [0.5, 0.6) is 0 Å². The summed E-state index contributed by atoms with van der Waals surface area (Å²) in [6.45, 7) is 12.8. The summed E-state index contributed by atoms with van der Waals surface area (Å²) < 4.78 is 20.4. The monoisotopic (exact) mass is 512 g/mol. The Morgan fingerprint density at radius 3 is 1.46 bits per heavy atom. The molecule has 10 heteroatoms. The number of hydrogen-bond donors (Lipinski definition) is 2. The van der Waals surface area contributed by atoms with Crippen LogP contribution in [0.25, 0.3) is 10.4 Å². The lowest BCUT2D eigenvalue weighted by Crippen LogP contribution is -2.02. The van der Waals surface area contributed by atoms with E-state index in [-0.39, 0.29) is 12.1 Å². The van der Waals surface area contributed by atoms with Crippen LogP contribution >= 0.6 is 0 Å². The smallest absolute Gasteiger partial charge is 0.185 e. The van der Waals surface area contributed by atoms with E-state index in [9.17, 15) is 4.79 Å². The molecule has 0 aromatic carbocycles. The highest BCUT2D eigenvalue weighted by Gasteiger charge is 2.06. The lowest BCUT2D eigenvalue weighted by molar-refractivity contribution is 0.109. The second-order valence-electron chi connectivity index (χ2n) is 8.26. The molecule has 0 radical (unpaired) electrons. The van der Waals surface area contributed by atoms with Gasteiger partial charge in [-0.25, -0.2) is 0 Å². The van der Waals surface area contributed by atoms with Crippen molar-refractivity contribution in [3.63, 3.8) is 0 Å². The number of carbonyl (C=O) groups is 1. The van der Waals surface area contributed by atoms with Gasteiger partial charge in [-0.1, -0.05) is 5.11 Å². The van der Waals surface area contributed by atoms with Gasteiger partial charge in [-0.05, 0) is 103 Å². The van der Waals surface area contributed by atoms with E-state index >= 15 is 0 Å². The van der Waals surface area contributed by atoms with E-state index in [2.05, 4.69) is 10.0 Å². The van der Waals surface area contributed by atoms with Crippen molar-refractivity contribution in [1.29, 1.82) is 0 Å². The molecular formula is C27H36N4O6. The van der Waals surface area contributed by atoms with Crippen LogP contribution in [0.2, 0.25) is 0 Å². The Labute approximate surface area is 216 Å². The van der Waals surface area contributed by atoms with Gasteiger partial charge < -0.3 is 28.5 Å². The average Bonchev–Trinajstić information content (AvgIpc) is 3.64. The van der Waals surface area contributed by atoms with Gasteiger partial charge in [0, 0.05) is 4.91 Å². The molecule has 4 aromatic rings. The number of aldehydes is 1. The molecule has 0 amide bonds. The molecule has 0 aliphatic heterocycles. The standard InChI is InChI=1S/C7H9N3O.C7H11NO.C7H10O2.C6H6O2/c1-5-3-4-7(11-5)6(2)9-10-8;2*1-5-3-4-7(9-5)6(2)8;1-5-2-3-6(4-7)8-5/h3-4,6H,1-2H3;3-4,6H,8H2,1-2H3;3-4,6,8H,1-2H3;2-4H,1H3. The van der Waals surface area contributed by atoms with Gasteiger partial charge in [0.25, 0.3) is 0 Å². The summed E-state index contributed by atoms with van der Waals surface area (Å²) in [7, 11) is 0. The van der Waals surface area contributed by atoms with Gasteiger partial charge in [-0.3, -0.25) is 4.79 Å². The second-order valence-corrected chi connectivity index (χ2v) is 8.26. The van der Waals surface area contributed by atoms with E-state index in [1.165, 1.54) is 0 Å². The Hall–Kier alpha value is -3.98. The minimum atomic E-state index is -0.487. The highest BCUT2D eigenvalue weighted by atomic mass is 16.4. The SMILES string of the molecule is Cc1ccc(C(C)N)o1.Cc1ccc(C(C)N=[N+]=[N-])o1.Cc1ccc(C(C)O)o1.Cc1ccc(C=O)o1. The maximum Gasteiger partial charge on any atom is 0.185 e. The Morgan fingerprint density at radius 2 is 1.22 bits per heavy atom. The van der Waals surface area contributed by atoms with Crippen LogP contribution < -0.4 is 5.73 Å². The number of aliphatic hydroxyl groups excluding tert-OH is 1. The molecular weight excluding hydrogens is 476 g/mol. The largest absolute Gasteiger partial charge is 0.466 e. The second kappa shape index (κ2) is 15.9. The van der Waals surface area contributed by atoms with Crippen molar-refractivity contribution in [2.24, 2.45) is 10.8 Å². The van der Waals surface area contributed by atoms with Gasteiger partial charge in [-0.2, -0.15) is 0 Å². The van der Waals surface area contributed by atoms with Crippen LogP contribution in [0.15, 0.2) is 71.3 Å². The Balaban J connectivity index is 0.000000248. The molecule has 0 bridgehead atoms. The van der Waals surface area contributed by atoms with Crippen LogP contribution in [-0.2, 0) is 0 Å². The number of rotatable bonds is 5. The van der Waals surface area contributed by atoms with Crippen molar-refractivity contribution in [2.75, 3.05) is 0 Å². The third-order valence-electron chi connectivity index (χ3n) is 4.66. The lowest BCUT2D eigenvalue weighted by Gasteiger charge is -1.96.